The van der Waals surface area contributed by atoms with Crippen LogP contribution in [-0.4, -0.2) is 45.8 Å². The topological polar surface area (TPSA) is 105 Å². The number of nitrogens with one attached hydrogen (secondary N) is 2. The van der Waals surface area contributed by atoms with E-state index in [9.17, 15) is 27.9 Å². The molecule has 2 aromatic rings. The summed E-state index contributed by atoms with van der Waals surface area (Å²) >= 11 is 0. The number of amides is 2. The molecular weight excluding hydrogens is 381 g/mol. The first-order chi connectivity index (χ1) is 13.1. The van der Waals surface area contributed by atoms with Crippen molar-refractivity contribution in [3.8, 4) is 5.75 Å². The Morgan fingerprint density at radius 3 is 2.82 bits per heavy atom. The predicted molar refractivity (Wildman–Crippen MR) is 90.7 cm³/mol. The number of hydrogen-bond donors (Lipinski definition) is 3. The Bertz CT molecular complexity index is 912. The van der Waals surface area contributed by atoms with Gasteiger partial charge < -0.3 is 25.0 Å². The molecule has 2 amide bonds. The second-order valence-corrected chi connectivity index (χ2v) is 6.27. The number of rotatable bonds is 5. The molecule has 150 valence electrons. The fraction of sp³-hybridized carbons (Fsp3) is 0.353. The van der Waals surface area contributed by atoms with Crippen molar-refractivity contribution in [1.29, 1.82) is 0 Å². The summed E-state index contributed by atoms with van der Waals surface area (Å²) in [5, 5.41) is 15.1. The normalized spacial score (nSPS) is 15.8. The van der Waals surface area contributed by atoms with E-state index in [1.807, 2.05) is 0 Å². The fourth-order valence-corrected chi connectivity index (χ4v) is 2.82. The van der Waals surface area contributed by atoms with Gasteiger partial charge in [0.05, 0.1) is 5.69 Å². The van der Waals surface area contributed by atoms with Gasteiger partial charge in [-0.25, -0.2) is 4.98 Å². The van der Waals surface area contributed by atoms with Crippen LogP contribution >= 0.6 is 0 Å². The molecule has 0 fully saturated rings. The average Bonchev–Trinajstić information content (AvgIpc) is 3.06. The van der Waals surface area contributed by atoms with E-state index in [2.05, 4.69) is 15.6 Å². The molecule has 1 aliphatic rings. The van der Waals surface area contributed by atoms with Gasteiger partial charge in [-0.1, -0.05) is 0 Å². The van der Waals surface area contributed by atoms with Crippen molar-refractivity contribution in [3.05, 3.63) is 42.0 Å². The van der Waals surface area contributed by atoms with Crippen LogP contribution in [0.5, 0.6) is 5.75 Å². The van der Waals surface area contributed by atoms with Crippen LogP contribution in [0.1, 0.15) is 22.6 Å². The second kappa shape index (κ2) is 7.15. The Labute approximate surface area is 157 Å². The highest BCUT2D eigenvalue weighted by atomic mass is 19.4. The first-order valence-corrected chi connectivity index (χ1v) is 8.23. The smallest absolute Gasteiger partial charge is 0.424 e. The van der Waals surface area contributed by atoms with E-state index in [1.54, 1.807) is 0 Å². The van der Waals surface area contributed by atoms with Crippen LogP contribution in [0.2, 0.25) is 0 Å². The maximum atomic E-state index is 13.4. The molecule has 2 heterocycles. The predicted octanol–water partition coefficient (Wildman–Crippen LogP) is 1.32. The minimum atomic E-state index is -4.98. The number of benzene rings is 1. The van der Waals surface area contributed by atoms with Crippen molar-refractivity contribution in [2.24, 2.45) is 7.05 Å². The standard InChI is InChI=1S/C17H17F3N4O4/c1-24-7-6-22-15(24)16(27,17(18,19)20)4-5-21-14(26)10-2-3-11-12(8-10)28-9-13(25)23-11/h2-3,6-8,27H,4-5,9H2,1H3,(H,21,26)(H,23,25). The lowest BCUT2D eigenvalue weighted by atomic mass is 9.97. The third kappa shape index (κ3) is 3.65. The molecule has 1 unspecified atom stereocenters. The Morgan fingerprint density at radius 1 is 1.43 bits per heavy atom. The minimum Gasteiger partial charge on any atom is -0.482 e. The molecule has 0 saturated carbocycles. The Hall–Kier alpha value is -3.08. The molecule has 1 aliphatic heterocycles. The molecule has 0 saturated heterocycles. The van der Waals surface area contributed by atoms with E-state index in [-0.39, 0.29) is 23.8 Å². The lowest BCUT2D eigenvalue weighted by Crippen LogP contribution is -2.46. The second-order valence-electron chi connectivity index (χ2n) is 6.27. The molecule has 1 aromatic heterocycles. The van der Waals surface area contributed by atoms with Gasteiger partial charge in [0.2, 0.25) is 5.60 Å². The van der Waals surface area contributed by atoms with Crippen LogP contribution in [0.4, 0.5) is 18.9 Å². The van der Waals surface area contributed by atoms with Crippen molar-refractivity contribution in [3.63, 3.8) is 0 Å². The third-order valence-electron chi connectivity index (χ3n) is 4.31. The number of alkyl halides is 3. The van der Waals surface area contributed by atoms with Crippen LogP contribution in [-0.2, 0) is 17.4 Å². The molecular formula is C17H17F3N4O4. The Kier molecular flexibility index (Phi) is 5.02. The summed E-state index contributed by atoms with van der Waals surface area (Å²) in [4.78, 5) is 27.1. The van der Waals surface area contributed by atoms with Crippen LogP contribution in [0.15, 0.2) is 30.6 Å². The summed E-state index contributed by atoms with van der Waals surface area (Å²) in [7, 11) is 1.34. The number of carbonyl (C=O) groups excluding carboxylic acids is 2. The lowest BCUT2D eigenvalue weighted by molar-refractivity contribution is -0.272. The number of aryl methyl sites for hydroxylation is 1. The van der Waals surface area contributed by atoms with Gasteiger partial charge in [0, 0.05) is 38.0 Å². The highest BCUT2D eigenvalue weighted by Gasteiger charge is 2.57. The molecule has 28 heavy (non-hydrogen) atoms. The maximum Gasteiger partial charge on any atom is 0.424 e. The van der Waals surface area contributed by atoms with Crippen LogP contribution in [0.3, 0.4) is 0 Å². The number of aromatic nitrogens is 2. The van der Waals surface area contributed by atoms with Crippen molar-refractivity contribution in [1.82, 2.24) is 14.9 Å². The molecule has 0 aliphatic carbocycles. The number of fused-ring (bicyclic) bond motifs is 1. The number of aliphatic hydroxyl groups is 1. The molecule has 0 radical (unpaired) electrons. The number of imidazole rings is 1. The van der Waals surface area contributed by atoms with Crippen LogP contribution in [0, 0.1) is 0 Å². The van der Waals surface area contributed by atoms with E-state index in [4.69, 9.17) is 4.74 Å². The highest BCUT2D eigenvalue weighted by Crippen LogP contribution is 2.40. The maximum absolute atomic E-state index is 13.4. The molecule has 1 atom stereocenters. The van der Waals surface area contributed by atoms with Crippen molar-refractivity contribution in [2.45, 2.75) is 18.2 Å². The molecule has 0 spiro atoms. The van der Waals surface area contributed by atoms with Crippen LogP contribution in [0.25, 0.3) is 0 Å². The highest BCUT2D eigenvalue weighted by molar-refractivity contribution is 5.98. The Balaban J connectivity index is 1.69. The van der Waals surface area contributed by atoms with E-state index < -0.39 is 36.5 Å². The van der Waals surface area contributed by atoms with Crippen molar-refractivity contribution < 1.29 is 32.6 Å². The molecule has 3 rings (SSSR count). The van der Waals surface area contributed by atoms with Gasteiger partial charge in [-0.15, -0.1) is 0 Å². The molecule has 3 N–H and O–H groups in total. The number of halogens is 3. The summed E-state index contributed by atoms with van der Waals surface area (Å²) in [5.41, 5.74) is -2.67. The monoisotopic (exact) mass is 398 g/mol. The fourth-order valence-electron chi connectivity index (χ4n) is 2.82. The molecule has 11 heteroatoms. The zero-order valence-electron chi connectivity index (χ0n) is 14.7. The zero-order valence-corrected chi connectivity index (χ0v) is 14.7. The SMILES string of the molecule is Cn1ccnc1C(O)(CCNC(=O)c1ccc2c(c1)OCC(=O)N2)C(F)(F)F. The van der Waals surface area contributed by atoms with Gasteiger partial charge in [-0.05, 0) is 18.2 Å². The van der Waals surface area contributed by atoms with E-state index in [1.165, 1.54) is 31.4 Å². The van der Waals surface area contributed by atoms with Gasteiger partial charge in [-0.2, -0.15) is 13.2 Å². The van der Waals surface area contributed by atoms with Gasteiger partial charge in [-0.3, -0.25) is 9.59 Å². The number of anilines is 1. The lowest BCUT2D eigenvalue weighted by Gasteiger charge is -2.30. The van der Waals surface area contributed by atoms with Gasteiger partial charge >= 0.3 is 6.18 Å². The number of ether oxygens (including phenoxy) is 1. The van der Waals surface area contributed by atoms with E-state index in [0.29, 0.717) is 5.69 Å². The van der Waals surface area contributed by atoms with E-state index in [0.717, 1.165) is 10.8 Å². The van der Waals surface area contributed by atoms with Gasteiger partial charge in [0.25, 0.3) is 11.8 Å². The largest absolute Gasteiger partial charge is 0.482 e. The van der Waals surface area contributed by atoms with E-state index >= 15 is 0 Å². The summed E-state index contributed by atoms with van der Waals surface area (Å²) in [6.45, 7) is -0.642. The summed E-state index contributed by atoms with van der Waals surface area (Å²) in [5.74, 6) is -1.25. The zero-order chi connectivity index (χ0) is 20.5. The summed E-state index contributed by atoms with van der Waals surface area (Å²) < 4.78 is 46.6. The summed E-state index contributed by atoms with van der Waals surface area (Å²) in [6, 6.07) is 4.23. The minimum absolute atomic E-state index is 0.141. The number of nitrogens with zero attached hydrogens (tertiary/aromatic N) is 2. The molecule has 1 aromatic carbocycles. The third-order valence-corrected chi connectivity index (χ3v) is 4.31. The van der Waals surface area contributed by atoms with Gasteiger partial charge in [0.15, 0.2) is 6.61 Å². The van der Waals surface area contributed by atoms with Crippen molar-refractivity contribution in [2.75, 3.05) is 18.5 Å². The number of hydrogen-bond acceptors (Lipinski definition) is 5. The quantitative estimate of drug-likeness (QED) is 0.705. The first kappa shape index (κ1) is 19.7. The summed E-state index contributed by atoms with van der Waals surface area (Å²) in [6.07, 6.45) is -3.35. The Morgan fingerprint density at radius 2 is 2.18 bits per heavy atom. The van der Waals surface area contributed by atoms with Crippen LogP contribution < -0.4 is 15.4 Å². The average molecular weight is 398 g/mol. The molecule has 0 bridgehead atoms. The number of carbonyl (C=O) groups is 2. The molecule has 8 nitrogen and oxygen atoms in total. The first-order valence-electron chi connectivity index (χ1n) is 8.23. The van der Waals surface area contributed by atoms with Gasteiger partial charge in [0.1, 0.15) is 11.6 Å². The van der Waals surface area contributed by atoms with Crippen molar-refractivity contribution >= 4 is 17.5 Å².